The Hall–Kier alpha value is -3.86. The molecule has 0 bridgehead atoms. The van der Waals surface area contributed by atoms with Crippen LogP contribution in [-0.4, -0.2) is 15.7 Å². The summed E-state index contributed by atoms with van der Waals surface area (Å²) in [5.74, 6) is 0.534. The Morgan fingerprint density at radius 2 is 1.53 bits per heavy atom. The number of nitrogens with zero attached hydrogens (tertiary/aromatic N) is 2. The molecule has 1 heterocycles. The number of amides is 1. The number of aromatic nitrogens is 2. The summed E-state index contributed by atoms with van der Waals surface area (Å²) in [6.45, 7) is 2.18. The first kappa shape index (κ1) is 19.5. The number of rotatable bonds is 7. The van der Waals surface area contributed by atoms with Crippen LogP contribution < -0.4 is 10.1 Å². The predicted molar refractivity (Wildman–Crippen MR) is 117 cm³/mol. The number of hydrogen-bond acceptors (Lipinski definition) is 3. The van der Waals surface area contributed by atoms with Crippen LogP contribution in [0.5, 0.6) is 5.75 Å². The standard InChI is InChI=1S/C25H23N3O2/c1-19(20-8-4-2-5-9-20)26-25(29)24-16-17-28(27-24)18-30-23-14-12-22(13-15-23)21-10-6-3-7-11-21/h2-17,19H,18H2,1H3,(H,26,29). The van der Waals surface area contributed by atoms with Crippen molar-refractivity contribution >= 4 is 5.91 Å². The van der Waals surface area contributed by atoms with Crippen LogP contribution in [0.2, 0.25) is 0 Å². The molecule has 0 aliphatic heterocycles. The van der Waals surface area contributed by atoms with Crippen LogP contribution >= 0.6 is 0 Å². The van der Waals surface area contributed by atoms with Crippen LogP contribution in [0.25, 0.3) is 11.1 Å². The van der Waals surface area contributed by atoms with Gasteiger partial charge in [-0.25, -0.2) is 4.68 Å². The van der Waals surface area contributed by atoms with Crippen LogP contribution in [0.3, 0.4) is 0 Å². The van der Waals surface area contributed by atoms with Crippen molar-refractivity contribution in [3.63, 3.8) is 0 Å². The van der Waals surface area contributed by atoms with E-state index in [1.165, 1.54) is 0 Å². The molecule has 4 rings (SSSR count). The molecule has 3 aromatic carbocycles. The summed E-state index contributed by atoms with van der Waals surface area (Å²) in [6.07, 6.45) is 1.74. The molecular formula is C25H23N3O2. The fourth-order valence-corrected chi connectivity index (χ4v) is 3.17. The minimum absolute atomic E-state index is 0.0942. The Balaban J connectivity index is 1.33. The van der Waals surface area contributed by atoms with Crippen molar-refractivity contribution in [3.8, 4) is 16.9 Å². The van der Waals surface area contributed by atoms with Gasteiger partial charge in [0.1, 0.15) is 11.4 Å². The molecule has 1 atom stereocenters. The summed E-state index contributed by atoms with van der Waals surface area (Å²) >= 11 is 0. The van der Waals surface area contributed by atoms with Gasteiger partial charge in [-0.3, -0.25) is 4.79 Å². The Morgan fingerprint density at radius 1 is 0.900 bits per heavy atom. The first-order chi connectivity index (χ1) is 14.7. The average molecular weight is 397 g/mol. The summed E-state index contributed by atoms with van der Waals surface area (Å²) in [7, 11) is 0. The van der Waals surface area contributed by atoms with E-state index in [9.17, 15) is 4.79 Å². The molecule has 0 saturated carbocycles. The summed E-state index contributed by atoms with van der Waals surface area (Å²) < 4.78 is 7.40. The van der Waals surface area contributed by atoms with Gasteiger partial charge < -0.3 is 10.1 Å². The van der Waals surface area contributed by atoms with Gasteiger partial charge in [0.2, 0.25) is 0 Å². The van der Waals surface area contributed by atoms with Gasteiger partial charge in [-0.2, -0.15) is 5.10 Å². The van der Waals surface area contributed by atoms with E-state index >= 15 is 0 Å². The van der Waals surface area contributed by atoms with E-state index in [1.807, 2.05) is 79.7 Å². The second-order valence-electron chi connectivity index (χ2n) is 7.01. The Labute approximate surface area is 175 Å². The molecule has 1 aromatic heterocycles. The third-order valence-corrected chi connectivity index (χ3v) is 4.85. The van der Waals surface area contributed by atoms with Crippen LogP contribution in [0.15, 0.2) is 97.2 Å². The summed E-state index contributed by atoms with van der Waals surface area (Å²) in [5.41, 5.74) is 3.71. The van der Waals surface area contributed by atoms with Crippen molar-refractivity contribution in [3.05, 3.63) is 108 Å². The van der Waals surface area contributed by atoms with Crippen LogP contribution in [0.1, 0.15) is 29.0 Å². The zero-order chi connectivity index (χ0) is 20.8. The molecule has 5 nitrogen and oxygen atoms in total. The molecule has 1 N–H and O–H groups in total. The minimum atomic E-state index is -0.211. The highest BCUT2D eigenvalue weighted by Crippen LogP contribution is 2.22. The number of hydrogen-bond donors (Lipinski definition) is 1. The molecule has 0 aliphatic carbocycles. The van der Waals surface area contributed by atoms with Crippen molar-refractivity contribution in [2.75, 3.05) is 0 Å². The normalized spacial score (nSPS) is 11.6. The van der Waals surface area contributed by atoms with E-state index < -0.39 is 0 Å². The van der Waals surface area contributed by atoms with Crippen molar-refractivity contribution < 1.29 is 9.53 Å². The lowest BCUT2D eigenvalue weighted by atomic mass is 10.1. The maximum atomic E-state index is 12.5. The molecule has 4 aromatic rings. The van der Waals surface area contributed by atoms with Crippen LogP contribution in [0, 0.1) is 0 Å². The smallest absolute Gasteiger partial charge is 0.272 e. The zero-order valence-corrected chi connectivity index (χ0v) is 16.7. The second kappa shape index (κ2) is 9.09. The molecule has 0 radical (unpaired) electrons. The van der Waals surface area contributed by atoms with Crippen molar-refractivity contribution in [1.82, 2.24) is 15.1 Å². The molecule has 150 valence electrons. The molecule has 1 amide bonds. The molecular weight excluding hydrogens is 374 g/mol. The average Bonchev–Trinajstić information content (AvgIpc) is 3.28. The minimum Gasteiger partial charge on any atom is -0.471 e. The Bertz CT molecular complexity index is 1090. The highest BCUT2D eigenvalue weighted by Gasteiger charge is 2.13. The SMILES string of the molecule is CC(NC(=O)c1ccn(COc2ccc(-c3ccccc3)cc2)n1)c1ccccc1. The van der Waals surface area contributed by atoms with Gasteiger partial charge in [-0.05, 0) is 41.8 Å². The maximum absolute atomic E-state index is 12.5. The molecule has 1 unspecified atom stereocenters. The predicted octanol–water partition coefficient (Wildman–Crippen LogP) is 5.08. The van der Waals surface area contributed by atoms with Crippen molar-refractivity contribution in [1.29, 1.82) is 0 Å². The first-order valence-corrected chi connectivity index (χ1v) is 9.86. The molecule has 0 aliphatic rings. The fourth-order valence-electron chi connectivity index (χ4n) is 3.17. The van der Waals surface area contributed by atoms with E-state index in [4.69, 9.17) is 4.74 Å². The second-order valence-corrected chi connectivity index (χ2v) is 7.01. The third kappa shape index (κ3) is 4.75. The van der Waals surface area contributed by atoms with Gasteiger partial charge in [0.25, 0.3) is 5.91 Å². The summed E-state index contributed by atoms with van der Waals surface area (Å²) in [5, 5.41) is 7.28. The van der Waals surface area contributed by atoms with Gasteiger partial charge in [0, 0.05) is 6.20 Å². The lowest BCUT2D eigenvalue weighted by Crippen LogP contribution is -2.27. The maximum Gasteiger partial charge on any atom is 0.272 e. The van der Waals surface area contributed by atoms with Crippen LogP contribution in [0.4, 0.5) is 0 Å². The zero-order valence-electron chi connectivity index (χ0n) is 16.7. The third-order valence-electron chi connectivity index (χ3n) is 4.85. The van der Waals surface area contributed by atoms with Crippen molar-refractivity contribution in [2.24, 2.45) is 0 Å². The first-order valence-electron chi connectivity index (χ1n) is 9.86. The number of ether oxygens (including phenoxy) is 1. The quantitative estimate of drug-likeness (QED) is 0.473. The van der Waals surface area contributed by atoms with Crippen LogP contribution in [-0.2, 0) is 6.73 Å². The highest BCUT2D eigenvalue weighted by atomic mass is 16.5. The number of carbonyl (C=O) groups excluding carboxylic acids is 1. The molecule has 30 heavy (non-hydrogen) atoms. The van der Waals surface area contributed by atoms with Gasteiger partial charge in [0.15, 0.2) is 6.73 Å². The van der Waals surface area contributed by atoms with E-state index in [-0.39, 0.29) is 18.7 Å². The van der Waals surface area contributed by atoms with Gasteiger partial charge in [0.05, 0.1) is 6.04 Å². The Morgan fingerprint density at radius 3 is 2.23 bits per heavy atom. The van der Waals surface area contributed by atoms with Gasteiger partial charge in [-0.1, -0.05) is 72.8 Å². The molecule has 0 saturated heterocycles. The summed E-state index contributed by atoms with van der Waals surface area (Å²) in [4.78, 5) is 12.5. The number of nitrogens with one attached hydrogen (secondary N) is 1. The van der Waals surface area contributed by atoms with Crippen molar-refractivity contribution in [2.45, 2.75) is 19.7 Å². The Kier molecular flexibility index (Phi) is 5.90. The van der Waals surface area contributed by atoms with E-state index in [2.05, 4.69) is 22.5 Å². The summed E-state index contributed by atoms with van der Waals surface area (Å²) in [6, 6.07) is 29.5. The molecule has 5 heteroatoms. The monoisotopic (exact) mass is 397 g/mol. The topological polar surface area (TPSA) is 56.2 Å². The molecule has 0 fully saturated rings. The lowest BCUT2D eigenvalue weighted by Gasteiger charge is -2.13. The molecule has 0 spiro atoms. The number of benzene rings is 3. The fraction of sp³-hybridized carbons (Fsp3) is 0.120. The number of carbonyl (C=O) groups is 1. The highest BCUT2D eigenvalue weighted by molar-refractivity contribution is 5.92. The lowest BCUT2D eigenvalue weighted by molar-refractivity contribution is 0.0932. The van der Waals surface area contributed by atoms with E-state index in [0.29, 0.717) is 5.69 Å². The van der Waals surface area contributed by atoms with Gasteiger partial charge >= 0.3 is 0 Å². The van der Waals surface area contributed by atoms with E-state index in [1.54, 1.807) is 16.9 Å². The van der Waals surface area contributed by atoms with Gasteiger partial charge in [-0.15, -0.1) is 0 Å². The largest absolute Gasteiger partial charge is 0.471 e. The van der Waals surface area contributed by atoms with E-state index in [0.717, 1.165) is 22.4 Å².